The summed E-state index contributed by atoms with van der Waals surface area (Å²) < 4.78 is 12.9. The Morgan fingerprint density at radius 1 is 0.857 bits per heavy atom. The molecule has 0 spiro atoms. The summed E-state index contributed by atoms with van der Waals surface area (Å²) in [5.41, 5.74) is 5.16. The number of ether oxygens (including phenoxy) is 2. The summed E-state index contributed by atoms with van der Waals surface area (Å²) in [6, 6.07) is 22.6. The third-order valence-corrected chi connectivity index (χ3v) is 6.97. The van der Waals surface area contributed by atoms with E-state index >= 15 is 0 Å². The number of rotatable bonds is 6. The zero-order valence-electron chi connectivity index (χ0n) is 20.6. The van der Waals surface area contributed by atoms with Gasteiger partial charge in [-0.05, 0) is 22.6 Å². The molecule has 5 aromatic rings. The summed E-state index contributed by atoms with van der Waals surface area (Å²) in [7, 11) is 3.26. The maximum Gasteiger partial charge on any atom is 0.191 e. The second-order valence-corrected chi connectivity index (χ2v) is 10.3. The van der Waals surface area contributed by atoms with Crippen LogP contribution in [0.3, 0.4) is 0 Å². The fourth-order valence-corrected chi connectivity index (χ4v) is 4.86. The Balaban J connectivity index is 1.60. The van der Waals surface area contributed by atoms with Gasteiger partial charge in [0, 0.05) is 22.8 Å². The van der Waals surface area contributed by atoms with Crippen LogP contribution in [-0.4, -0.2) is 33.8 Å². The van der Waals surface area contributed by atoms with Crippen LogP contribution in [0.5, 0.6) is 11.5 Å². The van der Waals surface area contributed by atoms with Gasteiger partial charge in [0.2, 0.25) is 0 Å². The van der Waals surface area contributed by atoms with Crippen LogP contribution in [0.4, 0.5) is 0 Å². The van der Waals surface area contributed by atoms with E-state index in [0.717, 1.165) is 33.0 Å². The molecule has 0 aliphatic rings. The molecule has 2 heterocycles. The first-order valence-electron chi connectivity index (χ1n) is 11.5. The van der Waals surface area contributed by atoms with Crippen LogP contribution in [0.1, 0.15) is 31.9 Å². The molecule has 2 aromatic heterocycles. The molecule has 3 aromatic carbocycles. The molecule has 0 N–H and O–H groups in total. The molecule has 0 saturated carbocycles. The highest BCUT2D eigenvalue weighted by Crippen LogP contribution is 2.35. The number of aromatic nitrogens is 4. The van der Waals surface area contributed by atoms with E-state index in [1.54, 1.807) is 26.0 Å². The molecule has 0 aliphatic carbocycles. The van der Waals surface area contributed by atoms with Crippen molar-refractivity contribution in [3.8, 4) is 22.9 Å². The molecule has 7 heteroatoms. The summed E-state index contributed by atoms with van der Waals surface area (Å²) >= 11 is 1.64. The summed E-state index contributed by atoms with van der Waals surface area (Å²) in [4.78, 5) is 9.85. The van der Waals surface area contributed by atoms with Crippen molar-refractivity contribution < 1.29 is 9.47 Å². The van der Waals surface area contributed by atoms with E-state index in [-0.39, 0.29) is 5.41 Å². The predicted octanol–water partition coefficient (Wildman–Crippen LogP) is 6.55. The van der Waals surface area contributed by atoms with Crippen molar-refractivity contribution in [2.75, 3.05) is 14.2 Å². The third kappa shape index (κ3) is 4.56. The topological polar surface area (TPSA) is 61.5 Å². The first-order chi connectivity index (χ1) is 16.9. The molecular weight excluding hydrogens is 456 g/mol. The van der Waals surface area contributed by atoms with Gasteiger partial charge in [0.25, 0.3) is 0 Å². The van der Waals surface area contributed by atoms with E-state index in [2.05, 4.69) is 45.0 Å². The van der Waals surface area contributed by atoms with E-state index < -0.39 is 0 Å². The van der Waals surface area contributed by atoms with Crippen LogP contribution in [0.25, 0.3) is 27.9 Å². The number of hydrogen-bond acceptors (Lipinski definition) is 6. The smallest absolute Gasteiger partial charge is 0.191 e. The molecule has 0 unspecified atom stereocenters. The average Bonchev–Trinajstić information content (AvgIpc) is 3.33. The summed E-state index contributed by atoms with van der Waals surface area (Å²) in [6.07, 6.45) is 0. The molecule has 0 aliphatic heterocycles. The molecule has 0 atom stereocenters. The van der Waals surface area contributed by atoms with E-state index in [4.69, 9.17) is 24.5 Å². The maximum atomic E-state index is 5.54. The number of hydrogen-bond donors (Lipinski definition) is 0. The molecule has 6 nitrogen and oxygen atoms in total. The van der Waals surface area contributed by atoms with Gasteiger partial charge in [-0.2, -0.15) is 4.52 Å². The Morgan fingerprint density at radius 2 is 1.54 bits per heavy atom. The molecular formula is C28H28N4O2S. The fraction of sp³-hybridized carbons (Fsp3) is 0.250. The second kappa shape index (κ2) is 9.23. The van der Waals surface area contributed by atoms with Crippen LogP contribution in [0.2, 0.25) is 0 Å². The van der Waals surface area contributed by atoms with Crippen molar-refractivity contribution in [1.29, 1.82) is 0 Å². The first-order valence-corrected chi connectivity index (χ1v) is 12.5. The van der Waals surface area contributed by atoms with Gasteiger partial charge in [-0.3, -0.25) is 0 Å². The van der Waals surface area contributed by atoms with Crippen LogP contribution in [0.15, 0.2) is 71.9 Å². The molecule has 0 bridgehead atoms. The molecule has 0 radical (unpaired) electrons. The molecule has 5 rings (SSSR count). The van der Waals surface area contributed by atoms with Crippen LogP contribution in [-0.2, 0) is 11.2 Å². The van der Waals surface area contributed by atoms with Crippen LogP contribution in [0, 0.1) is 0 Å². The van der Waals surface area contributed by atoms with Crippen LogP contribution >= 0.6 is 11.8 Å². The Labute approximate surface area is 209 Å². The highest BCUT2D eigenvalue weighted by Gasteiger charge is 2.18. The largest absolute Gasteiger partial charge is 0.493 e. The van der Waals surface area contributed by atoms with Crippen molar-refractivity contribution in [2.24, 2.45) is 0 Å². The highest BCUT2D eigenvalue weighted by atomic mass is 32.2. The minimum absolute atomic E-state index is 0.131. The van der Waals surface area contributed by atoms with Gasteiger partial charge < -0.3 is 9.47 Å². The van der Waals surface area contributed by atoms with Gasteiger partial charge in [0.1, 0.15) is 0 Å². The minimum atomic E-state index is 0.131. The summed E-state index contributed by atoms with van der Waals surface area (Å²) in [5, 5.41) is 6.47. The monoisotopic (exact) mass is 484 g/mol. The van der Waals surface area contributed by atoms with Crippen molar-refractivity contribution in [1.82, 2.24) is 19.6 Å². The molecule has 178 valence electrons. The maximum absolute atomic E-state index is 5.54. The molecule has 0 saturated heterocycles. The second-order valence-electron chi connectivity index (χ2n) is 9.39. The van der Waals surface area contributed by atoms with Gasteiger partial charge in [-0.15, -0.1) is 5.10 Å². The van der Waals surface area contributed by atoms with E-state index in [1.165, 1.54) is 11.1 Å². The van der Waals surface area contributed by atoms with Crippen molar-refractivity contribution in [2.45, 2.75) is 37.1 Å². The lowest BCUT2D eigenvalue weighted by Crippen LogP contribution is -2.10. The summed E-state index contributed by atoms with van der Waals surface area (Å²) in [6.45, 7) is 6.68. The number of thioether (sulfide) groups is 1. The Morgan fingerprint density at radius 3 is 2.20 bits per heavy atom. The predicted molar refractivity (Wildman–Crippen MR) is 142 cm³/mol. The first kappa shape index (κ1) is 23.2. The number of benzene rings is 3. The average molecular weight is 485 g/mol. The van der Waals surface area contributed by atoms with Gasteiger partial charge >= 0.3 is 0 Å². The lowest BCUT2D eigenvalue weighted by molar-refractivity contribution is 0.355. The molecule has 0 amide bonds. The highest BCUT2D eigenvalue weighted by molar-refractivity contribution is 7.98. The van der Waals surface area contributed by atoms with Gasteiger partial charge in [0.15, 0.2) is 28.1 Å². The zero-order chi connectivity index (χ0) is 24.6. The normalized spacial score (nSPS) is 11.8. The Bertz CT molecular complexity index is 1490. The van der Waals surface area contributed by atoms with Crippen molar-refractivity contribution in [3.05, 3.63) is 77.9 Å². The van der Waals surface area contributed by atoms with Crippen molar-refractivity contribution >= 4 is 28.3 Å². The fourth-order valence-electron chi connectivity index (χ4n) is 3.96. The third-order valence-electron chi connectivity index (χ3n) is 5.97. The summed E-state index contributed by atoms with van der Waals surface area (Å²) in [5.74, 6) is 2.69. The Kier molecular flexibility index (Phi) is 6.11. The standard InChI is InChI=1S/C28H28N4O2S/c1-28(2,3)20-13-11-18(12-14-20)17-35-27-29-22-16-24(34-5)23(33-4)15-21(22)26-30-25(31-32(26)27)19-9-7-6-8-10-19/h6-16H,17H2,1-5H3. The Hall–Kier alpha value is -3.58. The molecule has 0 fully saturated rings. The lowest BCUT2D eigenvalue weighted by Gasteiger charge is -2.19. The van der Waals surface area contributed by atoms with Gasteiger partial charge in [-0.1, -0.05) is 87.1 Å². The van der Waals surface area contributed by atoms with Gasteiger partial charge in [0.05, 0.1) is 19.7 Å². The number of nitrogens with zero attached hydrogens (tertiary/aromatic N) is 4. The van der Waals surface area contributed by atoms with E-state index in [9.17, 15) is 0 Å². The molecule has 35 heavy (non-hydrogen) atoms. The quantitative estimate of drug-likeness (QED) is 0.201. The van der Waals surface area contributed by atoms with E-state index in [1.807, 2.05) is 47.0 Å². The lowest BCUT2D eigenvalue weighted by atomic mass is 9.87. The number of methoxy groups -OCH3 is 2. The minimum Gasteiger partial charge on any atom is -0.493 e. The van der Waals surface area contributed by atoms with Gasteiger partial charge in [-0.25, -0.2) is 9.97 Å². The van der Waals surface area contributed by atoms with Crippen LogP contribution < -0.4 is 9.47 Å². The SMILES string of the molecule is COc1cc2nc(SCc3ccc(C(C)(C)C)cc3)n3nc(-c4ccccc4)nc3c2cc1OC. The zero-order valence-corrected chi connectivity index (χ0v) is 21.4. The van der Waals surface area contributed by atoms with Crippen molar-refractivity contribution in [3.63, 3.8) is 0 Å². The number of fused-ring (bicyclic) bond motifs is 3. The van der Waals surface area contributed by atoms with E-state index in [0.29, 0.717) is 17.3 Å².